The third kappa shape index (κ3) is 6.07. The van der Waals surface area contributed by atoms with Gasteiger partial charge in [0.2, 0.25) is 11.8 Å². The number of aliphatic hydroxyl groups excluding tert-OH is 1. The van der Waals surface area contributed by atoms with E-state index in [1.807, 2.05) is 31.2 Å². The first-order valence-electron chi connectivity index (χ1n) is 7.43. The Balaban J connectivity index is 1.58. The molecule has 6 heteroatoms. The van der Waals surface area contributed by atoms with Crippen LogP contribution in [0.5, 0.6) is 0 Å². The maximum absolute atomic E-state index is 11.8. The van der Waals surface area contributed by atoms with Crippen LogP contribution in [0, 0.1) is 12.8 Å². The normalized spacial score (nSPS) is 15.2. The monoisotopic (exact) mass is 322 g/mol. The lowest BCUT2D eigenvalue weighted by atomic mass is 10.2. The van der Waals surface area contributed by atoms with E-state index >= 15 is 0 Å². The molecule has 1 fully saturated rings. The van der Waals surface area contributed by atoms with E-state index in [0.717, 1.165) is 24.1 Å². The largest absolute Gasteiger partial charge is 0.391 e. The van der Waals surface area contributed by atoms with Gasteiger partial charge in [-0.15, -0.1) is 11.8 Å². The fourth-order valence-corrected chi connectivity index (χ4v) is 2.72. The van der Waals surface area contributed by atoms with Crippen molar-refractivity contribution in [2.24, 2.45) is 5.92 Å². The Morgan fingerprint density at radius 2 is 2.05 bits per heavy atom. The zero-order chi connectivity index (χ0) is 15.9. The Kier molecular flexibility index (Phi) is 6.27. The minimum absolute atomic E-state index is 0.124. The molecule has 3 N–H and O–H groups in total. The standard InChI is InChI=1S/C16H22N2O3S/c1-11-3-2-4-13(7-11)18-16(21)10-22-9-15(20)17-8-14(19)12-5-6-12/h2-4,7,12,14,19H,5-6,8-10H2,1H3,(H,17,20)(H,18,21)/t14-/m1/s1. The number of rotatable bonds is 8. The Morgan fingerprint density at radius 3 is 2.73 bits per heavy atom. The molecular formula is C16H22N2O3S. The third-order valence-corrected chi connectivity index (χ3v) is 4.38. The number of amides is 2. The van der Waals surface area contributed by atoms with E-state index in [4.69, 9.17) is 0 Å². The molecule has 5 nitrogen and oxygen atoms in total. The summed E-state index contributed by atoms with van der Waals surface area (Å²) in [5.74, 6) is 0.535. The highest BCUT2D eigenvalue weighted by molar-refractivity contribution is 8.00. The molecule has 0 saturated heterocycles. The molecule has 0 spiro atoms. The lowest BCUT2D eigenvalue weighted by molar-refractivity contribution is -0.119. The molecule has 2 amide bonds. The van der Waals surface area contributed by atoms with Crippen molar-refractivity contribution in [3.8, 4) is 0 Å². The number of aryl methyl sites for hydroxylation is 1. The van der Waals surface area contributed by atoms with Crippen LogP contribution < -0.4 is 10.6 Å². The minimum Gasteiger partial charge on any atom is -0.391 e. The van der Waals surface area contributed by atoms with E-state index < -0.39 is 6.10 Å². The summed E-state index contributed by atoms with van der Waals surface area (Å²) >= 11 is 1.26. The number of benzene rings is 1. The van der Waals surface area contributed by atoms with Crippen molar-refractivity contribution in [1.29, 1.82) is 0 Å². The van der Waals surface area contributed by atoms with Gasteiger partial charge in [0.15, 0.2) is 0 Å². The van der Waals surface area contributed by atoms with Crippen molar-refractivity contribution < 1.29 is 14.7 Å². The number of thioether (sulfide) groups is 1. The molecule has 22 heavy (non-hydrogen) atoms. The molecule has 0 bridgehead atoms. The van der Waals surface area contributed by atoms with Gasteiger partial charge in [-0.1, -0.05) is 12.1 Å². The van der Waals surface area contributed by atoms with Crippen LogP contribution in [0.1, 0.15) is 18.4 Å². The van der Waals surface area contributed by atoms with Gasteiger partial charge >= 0.3 is 0 Å². The smallest absolute Gasteiger partial charge is 0.234 e. The molecule has 0 aliphatic heterocycles. The van der Waals surface area contributed by atoms with E-state index in [9.17, 15) is 14.7 Å². The number of hydrogen-bond donors (Lipinski definition) is 3. The third-order valence-electron chi connectivity index (χ3n) is 3.44. The average Bonchev–Trinajstić information content (AvgIpc) is 3.29. The fourth-order valence-electron chi connectivity index (χ4n) is 2.07. The van der Waals surface area contributed by atoms with Gasteiger partial charge in [0, 0.05) is 12.2 Å². The van der Waals surface area contributed by atoms with Crippen molar-refractivity contribution >= 4 is 29.3 Å². The summed E-state index contributed by atoms with van der Waals surface area (Å²) in [5.41, 5.74) is 1.85. The summed E-state index contributed by atoms with van der Waals surface area (Å²) in [7, 11) is 0. The number of aliphatic hydroxyl groups is 1. The minimum atomic E-state index is -0.432. The van der Waals surface area contributed by atoms with Crippen molar-refractivity contribution in [2.45, 2.75) is 25.9 Å². The van der Waals surface area contributed by atoms with Crippen LogP contribution in [-0.4, -0.2) is 41.1 Å². The highest BCUT2D eigenvalue weighted by atomic mass is 32.2. The van der Waals surface area contributed by atoms with Gasteiger partial charge in [-0.2, -0.15) is 0 Å². The summed E-state index contributed by atoms with van der Waals surface area (Å²) in [6, 6.07) is 7.58. The number of carbonyl (C=O) groups is 2. The zero-order valence-electron chi connectivity index (χ0n) is 12.7. The Hall–Kier alpha value is -1.53. The van der Waals surface area contributed by atoms with Crippen LogP contribution in [0.3, 0.4) is 0 Å². The van der Waals surface area contributed by atoms with Crippen LogP contribution in [0.25, 0.3) is 0 Å². The second kappa shape index (κ2) is 8.19. The van der Waals surface area contributed by atoms with Crippen LogP contribution in [-0.2, 0) is 9.59 Å². The molecular weight excluding hydrogens is 300 g/mol. The molecule has 0 radical (unpaired) electrons. The first-order valence-corrected chi connectivity index (χ1v) is 8.59. The molecule has 1 aromatic carbocycles. The Bertz CT molecular complexity index is 532. The summed E-state index contributed by atoms with van der Waals surface area (Å²) in [6.45, 7) is 2.27. The molecule has 0 heterocycles. The predicted octanol–water partition coefficient (Wildman–Crippen LogP) is 1.55. The van der Waals surface area contributed by atoms with Gasteiger partial charge in [0.05, 0.1) is 17.6 Å². The van der Waals surface area contributed by atoms with Gasteiger partial charge < -0.3 is 15.7 Å². The topological polar surface area (TPSA) is 78.4 Å². The maximum Gasteiger partial charge on any atom is 0.234 e. The molecule has 0 unspecified atom stereocenters. The molecule has 1 aromatic rings. The SMILES string of the molecule is Cc1cccc(NC(=O)CSCC(=O)NC[C@@H](O)C2CC2)c1. The van der Waals surface area contributed by atoms with E-state index in [0.29, 0.717) is 12.5 Å². The van der Waals surface area contributed by atoms with Gasteiger partial charge in [-0.25, -0.2) is 0 Å². The average molecular weight is 322 g/mol. The number of nitrogens with one attached hydrogen (secondary N) is 2. The number of hydrogen-bond acceptors (Lipinski definition) is 4. The first kappa shape index (κ1) is 16.8. The molecule has 120 valence electrons. The molecule has 1 aliphatic rings. The highest BCUT2D eigenvalue weighted by Crippen LogP contribution is 2.32. The van der Waals surface area contributed by atoms with Crippen LogP contribution in [0.15, 0.2) is 24.3 Å². The summed E-state index contributed by atoms with van der Waals surface area (Å²) < 4.78 is 0. The second-order valence-electron chi connectivity index (χ2n) is 5.62. The van der Waals surface area contributed by atoms with Crippen LogP contribution in [0.4, 0.5) is 5.69 Å². The summed E-state index contributed by atoms with van der Waals surface area (Å²) in [6.07, 6.45) is 1.66. The molecule has 1 saturated carbocycles. The van der Waals surface area contributed by atoms with Gasteiger partial charge in [0.1, 0.15) is 0 Å². The molecule has 2 rings (SSSR count). The maximum atomic E-state index is 11.8. The second-order valence-corrected chi connectivity index (χ2v) is 6.60. The summed E-state index contributed by atoms with van der Waals surface area (Å²) in [4.78, 5) is 23.4. The zero-order valence-corrected chi connectivity index (χ0v) is 13.5. The van der Waals surface area contributed by atoms with Crippen LogP contribution in [0.2, 0.25) is 0 Å². The fraction of sp³-hybridized carbons (Fsp3) is 0.500. The number of carbonyl (C=O) groups excluding carboxylic acids is 2. The van der Waals surface area contributed by atoms with Crippen molar-refractivity contribution in [1.82, 2.24) is 5.32 Å². The Morgan fingerprint density at radius 1 is 1.32 bits per heavy atom. The van der Waals surface area contributed by atoms with E-state index in [1.54, 1.807) is 0 Å². The van der Waals surface area contributed by atoms with E-state index in [1.165, 1.54) is 11.8 Å². The molecule has 1 atom stereocenters. The van der Waals surface area contributed by atoms with Crippen molar-refractivity contribution in [3.63, 3.8) is 0 Å². The predicted molar refractivity (Wildman–Crippen MR) is 88.9 cm³/mol. The lowest BCUT2D eigenvalue weighted by Gasteiger charge is -2.10. The van der Waals surface area contributed by atoms with Gasteiger partial charge in [-0.05, 0) is 43.4 Å². The molecule has 1 aliphatic carbocycles. The van der Waals surface area contributed by atoms with Crippen molar-refractivity contribution in [3.05, 3.63) is 29.8 Å². The lowest BCUT2D eigenvalue weighted by Crippen LogP contribution is -2.34. The van der Waals surface area contributed by atoms with Crippen molar-refractivity contribution in [2.75, 3.05) is 23.4 Å². The number of anilines is 1. The van der Waals surface area contributed by atoms with Crippen LogP contribution >= 0.6 is 11.8 Å². The van der Waals surface area contributed by atoms with E-state index in [-0.39, 0.29) is 23.3 Å². The van der Waals surface area contributed by atoms with E-state index in [2.05, 4.69) is 10.6 Å². The quantitative estimate of drug-likeness (QED) is 0.678. The van der Waals surface area contributed by atoms with Gasteiger partial charge in [0.25, 0.3) is 0 Å². The summed E-state index contributed by atoms with van der Waals surface area (Å²) in [5, 5.41) is 15.1. The Labute approximate surface area is 134 Å². The highest BCUT2D eigenvalue weighted by Gasteiger charge is 2.29. The molecule has 0 aromatic heterocycles. The van der Waals surface area contributed by atoms with Gasteiger partial charge in [-0.3, -0.25) is 9.59 Å². The first-order chi connectivity index (χ1) is 10.5.